The van der Waals surface area contributed by atoms with Crippen LogP contribution in [0, 0.1) is 0 Å². The van der Waals surface area contributed by atoms with Gasteiger partial charge in [0.05, 0.1) is 19.9 Å². The van der Waals surface area contributed by atoms with E-state index in [1.54, 1.807) is 36.8 Å². The molecule has 0 fully saturated rings. The van der Waals surface area contributed by atoms with E-state index in [-0.39, 0.29) is 11.7 Å². The average Bonchev–Trinajstić information content (AvgIpc) is 3.38. The minimum atomic E-state index is -0.258. The van der Waals surface area contributed by atoms with Crippen molar-refractivity contribution in [2.75, 3.05) is 7.11 Å². The maximum Gasteiger partial charge on any atom is 0.287 e. The molecule has 0 spiro atoms. The Morgan fingerprint density at radius 1 is 1.24 bits per heavy atom. The lowest BCUT2D eigenvalue weighted by Gasteiger charge is -2.01. The molecule has 126 valence electrons. The number of hydrogen-bond acceptors (Lipinski definition) is 5. The molecule has 0 saturated carbocycles. The molecule has 4 rings (SSSR count). The second-order valence-electron chi connectivity index (χ2n) is 5.45. The van der Waals surface area contributed by atoms with Crippen molar-refractivity contribution in [3.8, 4) is 17.1 Å². The van der Waals surface area contributed by atoms with Crippen LogP contribution >= 0.6 is 11.3 Å². The summed E-state index contributed by atoms with van der Waals surface area (Å²) in [6, 6.07) is 13.0. The van der Waals surface area contributed by atoms with Gasteiger partial charge in [-0.05, 0) is 30.3 Å². The smallest absolute Gasteiger partial charge is 0.287 e. The molecule has 25 heavy (non-hydrogen) atoms. The van der Waals surface area contributed by atoms with Crippen molar-refractivity contribution in [2.45, 2.75) is 6.54 Å². The summed E-state index contributed by atoms with van der Waals surface area (Å²) in [6.45, 7) is 0.429. The van der Waals surface area contributed by atoms with Gasteiger partial charge in [-0.15, -0.1) is 11.3 Å². The third-order valence-corrected chi connectivity index (χ3v) is 4.77. The molecule has 0 atom stereocenters. The monoisotopic (exact) mass is 353 g/mol. The van der Waals surface area contributed by atoms with E-state index in [0.717, 1.165) is 21.6 Å². The third kappa shape index (κ3) is 3.04. The summed E-state index contributed by atoms with van der Waals surface area (Å²) >= 11 is 1.57. The van der Waals surface area contributed by atoms with Crippen molar-refractivity contribution in [3.63, 3.8) is 0 Å². The fourth-order valence-corrected chi connectivity index (χ4v) is 3.42. The van der Waals surface area contributed by atoms with Crippen LogP contribution < -0.4 is 10.1 Å². The third-order valence-electron chi connectivity index (χ3n) is 3.83. The Labute approximate surface area is 147 Å². The van der Waals surface area contributed by atoms with Gasteiger partial charge in [-0.2, -0.15) is 0 Å². The van der Waals surface area contributed by atoms with Gasteiger partial charge in [0.2, 0.25) is 0 Å². The molecule has 0 unspecified atom stereocenters. The van der Waals surface area contributed by atoms with E-state index < -0.39 is 0 Å². The Hall–Kier alpha value is -2.99. The first-order valence-electron chi connectivity index (χ1n) is 7.70. The van der Waals surface area contributed by atoms with Crippen molar-refractivity contribution in [1.29, 1.82) is 0 Å². The highest BCUT2D eigenvalue weighted by Crippen LogP contribution is 2.29. The van der Waals surface area contributed by atoms with Crippen molar-refractivity contribution in [3.05, 3.63) is 64.7 Å². The summed E-state index contributed by atoms with van der Waals surface area (Å²) in [6.07, 6.45) is 1.64. The number of amides is 1. The molecule has 0 bridgehead atoms. The van der Waals surface area contributed by atoms with E-state index in [2.05, 4.69) is 5.32 Å². The number of benzene rings is 1. The lowest BCUT2D eigenvalue weighted by atomic mass is 10.2. The zero-order valence-corrected chi connectivity index (χ0v) is 14.3. The Bertz CT molecular complexity index is 1010. The molecule has 0 radical (unpaired) electrons. The summed E-state index contributed by atoms with van der Waals surface area (Å²) in [5.74, 6) is 1.43. The average molecular weight is 353 g/mol. The van der Waals surface area contributed by atoms with E-state index in [1.807, 2.05) is 35.7 Å². The highest BCUT2D eigenvalue weighted by Gasteiger charge is 2.15. The van der Waals surface area contributed by atoms with Gasteiger partial charge >= 0.3 is 0 Å². The maximum absolute atomic E-state index is 12.4. The first-order valence-corrected chi connectivity index (χ1v) is 8.58. The van der Waals surface area contributed by atoms with E-state index in [0.29, 0.717) is 17.9 Å². The normalized spacial score (nSPS) is 10.9. The molecule has 6 heteroatoms. The van der Waals surface area contributed by atoms with E-state index in [9.17, 15) is 4.79 Å². The number of hydrogen-bond donors (Lipinski definition) is 1. The number of methoxy groups -OCH3 is 1. The van der Waals surface area contributed by atoms with Crippen LogP contribution in [0.15, 0.2) is 62.9 Å². The van der Waals surface area contributed by atoms with Crippen molar-refractivity contribution in [2.24, 2.45) is 0 Å². The highest BCUT2D eigenvalue weighted by atomic mass is 32.1. The van der Waals surface area contributed by atoms with Crippen LogP contribution in [0.1, 0.15) is 15.4 Å². The Morgan fingerprint density at radius 2 is 2.16 bits per heavy atom. The van der Waals surface area contributed by atoms with Gasteiger partial charge in [0.1, 0.15) is 5.76 Å². The molecule has 1 N–H and O–H groups in total. The predicted molar refractivity (Wildman–Crippen MR) is 96.0 cm³/mol. The first kappa shape index (κ1) is 15.5. The predicted octanol–water partition coefficient (Wildman–Crippen LogP) is 4.69. The molecule has 0 aliphatic rings. The number of fused-ring (bicyclic) bond motifs is 1. The Kier molecular flexibility index (Phi) is 4.03. The number of carbonyl (C=O) groups excluding carboxylic acids is 1. The zero-order valence-electron chi connectivity index (χ0n) is 13.4. The first-order chi connectivity index (χ1) is 12.2. The number of thiophene rings is 1. The van der Waals surface area contributed by atoms with Gasteiger partial charge in [0.15, 0.2) is 17.1 Å². The van der Waals surface area contributed by atoms with E-state index in [4.69, 9.17) is 13.6 Å². The fourth-order valence-electron chi connectivity index (χ4n) is 2.61. The lowest BCUT2D eigenvalue weighted by Crippen LogP contribution is -2.21. The van der Waals surface area contributed by atoms with Crippen LogP contribution in [0.3, 0.4) is 0 Å². The van der Waals surface area contributed by atoms with Crippen molar-refractivity contribution in [1.82, 2.24) is 5.32 Å². The molecule has 5 nitrogen and oxygen atoms in total. The minimum Gasteiger partial charge on any atom is -0.493 e. The summed E-state index contributed by atoms with van der Waals surface area (Å²) in [7, 11) is 1.57. The summed E-state index contributed by atoms with van der Waals surface area (Å²) in [5.41, 5.74) is 1.58. The second-order valence-corrected chi connectivity index (χ2v) is 6.45. The van der Waals surface area contributed by atoms with Crippen LogP contribution in [0.4, 0.5) is 0 Å². The van der Waals surface area contributed by atoms with Crippen LogP contribution in [0.2, 0.25) is 0 Å². The summed E-state index contributed by atoms with van der Waals surface area (Å²) in [4.78, 5) is 13.4. The fraction of sp³-hybridized carbons (Fsp3) is 0.105. The van der Waals surface area contributed by atoms with Crippen molar-refractivity contribution >= 4 is 28.2 Å². The minimum absolute atomic E-state index is 0.258. The van der Waals surface area contributed by atoms with Crippen LogP contribution in [0.5, 0.6) is 5.75 Å². The number of para-hydroxylation sites is 1. The van der Waals surface area contributed by atoms with Crippen LogP contribution in [0.25, 0.3) is 22.3 Å². The molecule has 3 heterocycles. The number of rotatable bonds is 5. The summed E-state index contributed by atoms with van der Waals surface area (Å²) in [5, 5.41) is 5.72. The van der Waals surface area contributed by atoms with E-state index in [1.165, 1.54) is 0 Å². The van der Waals surface area contributed by atoms with Gasteiger partial charge in [0.25, 0.3) is 5.91 Å². The second kappa shape index (κ2) is 6.49. The number of nitrogens with one attached hydrogen (secondary N) is 1. The van der Waals surface area contributed by atoms with Gasteiger partial charge in [-0.1, -0.05) is 12.1 Å². The van der Waals surface area contributed by atoms with Gasteiger partial charge in [0, 0.05) is 21.2 Å². The topological polar surface area (TPSA) is 64.6 Å². The van der Waals surface area contributed by atoms with Crippen LogP contribution in [-0.4, -0.2) is 13.0 Å². The maximum atomic E-state index is 12.4. The Balaban J connectivity index is 1.47. The Morgan fingerprint density at radius 3 is 2.96 bits per heavy atom. The standard InChI is InChI=1S/C19H15NO4S/c1-22-16-5-2-4-12-9-17(24-18(12)16)19(21)20-10-14-8-13(11-25-14)15-6-3-7-23-15/h2-9,11H,10H2,1H3,(H,20,21). The molecule has 3 aromatic heterocycles. The quantitative estimate of drug-likeness (QED) is 0.565. The van der Waals surface area contributed by atoms with Crippen LogP contribution in [-0.2, 0) is 6.54 Å². The van der Waals surface area contributed by atoms with Crippen molar-refractivity contribution < 1.29 is 18.4 Å². The highest BCUT2D eigenvalue weighted by molar-refractivity contribution is 7.10. The number of ether oxygens (including phenoxy) is 1. The molecule has 0 aliphatic heterocycles. The lowest BCUT2D eigenvalue weighted by molar-refractivity contribution is 0.0925. The molecule has 0 saturated heterocycles. The number of carbonyl (C=O) groups is 1. The van der Waals surface area contributed by atoms with Gasteiger partial charge in [-0.25, -0.2) is 0 Å². The largest absolute Gasteiger partial charge is 0.493 e. The molecular formula is C19H15NO4S. The van der Waals surface area contributed by atoms with Gasteiger partial charge < -0.3 is 18.9 Å². The molecule has 4 aromatic rings. The molecule has 1 aromatic carbocycles. The summed E-state index contributed by atoms with van der Waals surface area (Å²) < 4.78 is 16.3. The molecule has 0 aliphatic carbocycles. The number of furan rings is 2. The molecular weight excluding hydrogens is 338 g/mol. The van der Waals surface area contributed by atoms with E-state index >= 15 is 0 Å². The molecule has 1 amide bonds. The SMILES string of the molecule is COc1cccc2cc(C(=O)NCc3cc(-c4ccco4)cs3)oc12. The zero-order chi connectivity index (χ0) is 17.2. The van der Waals surface area contributed by atoms with Gasteiger partial charge in [-0.3, -0.25) is 4.79 Å².